The van der Waals surface area contributed by atoms with Gasteiger partial charge in [0.05, 0.1) is 22.2 Å². The fraction of sp³-hybridized carbons (Fsp3) is 0.526. The number of nitriles is 2. The van der Waals surface area contributed by atoms with E-state index in [4.69, 9.17) is 33.9 Å². The van der Waals surface area contributed by atoms with Crippen molar-refractivity contribution in [3.05, 3.63) is 33.8 Å². The number of halogens is 2. The maximum Gasteiger partial charge on any atom is 0.175 e. The third-order valence-electron chi connectivity index (χ3n) is 5.21. The maximum absolute atomic E-state index is 10.4. The summed E-state index contributed by atoms with van der Waals surface area (Å²) in [4.78, 5) is 4.74. The fourth-order valence-electron chi connectivity index (χ4n) is 4.03. The third kappa shape index (κ3) is 2.61. The SMILES string of the molecule is CCCSC1(SCCC)N=C(N)C2(C#N)C(c3ccc(Cl)c(Cl)c3)C12C#N. The average Bonchev–Trinajstić information content (AvgIpc) is 3.24. The molecule has 0 amide bonds. The summed E-state index contributed by atoms with van der Waals surface area (Å²) in [6, 6.07) is 10.1. The van der Waals surface area contributed by atoms with E-state index in [-0.39, 0.29) is 11.8 Å². The van der Waals surface area contributed by atoms with Crippen LogP contribution in [0.2, 0.25) is 10.0 Å². The van der Waals surface area contributed by atoms with Crippen LogP contribution < -0.4 is 5.73 Å². The van der Waals surface area contributed by atoms with Crippen LogP contribution in [0.4, 0.5) is 0 Å². The van der Waals surface area contributed by atoms with Gasteiger partial charge in [0.15, 0.2) is 4.20 Å². The molecule has 0 spiro atoms. The molecule has 8 heteroatoms. The van der Waals surface area contributed by atoms with Crippen molar-refractivity contribution >= 4 is 52.6 Å². The van der Waals surface area contributed by atoms with Crippen LogP contribution in [0.15, 0.2) is 23.2 Å². The molecular formula is C19H20Cl2N4S2. The van der Waals surface area contributed by atoms with Crippen molar-refractivity contribution in [2.24, 2.45) is 21.6 Å². The van der Waals surface area contributed by atoms with Crippen molar-refractivity contribution in [1.82, 2.24) is 0 Å². The van der Waals surface area contributed by atoms with Gasteiger partial charge in [0.2, 0.25) is 0 Å². The van der Waals surface area contributed by atoms with Crippen molar-refractivity contribution in [1.29, 1.82) is 10.5 Å². The molecule has 1 aliphatic carbocycles. The van der Waals surface area contributed by atoms with E-state index in [9.17, 15) is 10.5 Å². The van der Waals surface area contributed by atoms with Gasteiger partial charge < -0.3 is 5.73 Å². The van der Waals surface area contributed by atoms with Crippen molar-refractivity contribution in [3.8, 4) is 12.1 Å². The summed E-state index contributed by atoms with van der Waals surface area (Å²) in [7, 11) is 0. The first kappa shape index (κ1) is 20.7. The number of aliphatic imine (C=N–C) groups is 1. The van der Waals surface area contributed by atoms with E-state index in [2.05, 4.69) is 26.0 Å². The van der Waals surface area contributed by atoms with E-state index >= 15 is 0 Å². The van der Waals surface area contributed by atoms with E-state index in [0.29, 0.717) is 10.0 Å². The van der Waals surface area contributed by atoms with Gasteiger partial charge in [0.1, 0.15) is 16.7 Å². The van der Waals surface area contributed by atoms with Crippen LogP contribution in [0.25, 0.3) is 0 Å². The molecule has 2 aliphatic rings. The van der Waals surface area contributed by atoms with E-state index < -0.39 is 15.0 Å². The zero-order valence-corrected chi connectivity index (χ0v) is 18.3. The topological polar surface area (TPSA) is 86.0 Å². The third-order valence-corrected chi connectivity index (χ3v) is 9.49. The minimum absolute atomic E-state index is 0.259. The zero-order valence-electron chi connectivity index (χ0n) is 15.1. The Morgan fingerprint density at radius 3 is 2.22 bits per heavy atom. The van der Waals surface area contributed by atoms with Crippen molar-refractivity contribution in [2.75, 3.05) is 11.5 Å². The van der Waals surface area contributed by atoms with Crippen LogP contribution in [-0.4, -0.2) is 21.5 Å². The Hall–Kier alpha value is -1.05. The second kappa shape index (κ2) is 7.41. The van der Waals surface area contributed by atoms with Crippen LogP contribution in [0.5, 0.6) is 0 Å². The summed E-state index contributed by atoms with van der Waals surface area (Å²) in [6.45, 7) is 4.18. The number of nitrogens with zero attached hydrogens (tertiary/aromatic N) is 3. The van der Waals surface area contributed by atoms with E-state index in [1.165, 1.54) is 0 Å². The van der Waals surface area contributed by atoms with Crippen molar-refractivity contribution in [3.63, 3.8) is 0 Å². The smallest absolute Gasteiger partial charge is 0.175 e. The molecule has 1 aliphatic heterocycles. The summed E-state index contributed by atoms with van der Waals surface area (Å²) in [5.74, 6) is 1.56. The Kier molecular flexibility index (Phi) is 5.67. The van der Waals surface area contributed by atoms with Gasteiger partial charge >= 0.3 is 0 Å². The Morgan fingerprint density at radius 2 is 1.74 bits per heavy atom. The summed E-state index contributed by atoms with van der Waals surface area (Å²) < 4.78 is -0.787. The van der Waals surface area contributed by atoms with Crippen molar-refractivity contribution < 1.29 is 0 Å². The number of nitrogens with two attached hydrogens (primary N) is 1. The Morgan fingerprint density at radius 1 is 1.11 bits per heavy atom. The molecule has 0 radical (unpaired) electrons. The van der Waals surface area contributed by atoms with E-state index in [1.54, 1.807) is 35.7 Å². The zero-order chi connectivity index (χ0) is 19.9. The second-order valence-corrected chi connectivity index (χ2v) is 10.4. The van der Waals surface area contributed by atoms with E-state index in [1.807, 2.05) is 6.07 Å². The Bertz CT molecular complexity index is 867. The first-order valence-electron chi connectivity index (χ1n) is 8.81. The first-order valence-corrected chi connectivity index (χ1v) is 11.5. The summed E-state index contributed by atoms with van der Waals surface area (Å²) in [5, 5.41) is 21.3. The quantitative estimate of drug-likeness (QED) is 0.573. The van der Waals surface area contributed by atoms with Gasteiger partial charge in [-0.25, -0.2) is 4.99 Å². The monoisotopic (exact) mass is 438 g/mol. The molecule has 3 unspecified atom stereocenters. The maximum atomic E-state index is 10.4. The molecule has 0 saturated heterocycles. The highest BCUT2D eigenvalue weighted by atomic mass is 35.5. The molecular weight excluding hydrogens is 419 g/mol. The normalized spacial score (nSPS) is 30.1. The predicted molar refractivity (Wildman–Crippen MR) is 115 cm³/mol. The van der Waals surface area contributed by atoms with Crippen molar-refractivity contribution in [2.45, 2.75) is 36.8 Å². The standard InChI is InChI=1S/C19H20Cl2N4S2/c1-3-7-26-19(27-8-4-2)18(11-23)15(17(18,10-22)16(24)25-19)12-5-6-13(20)14(21)9-12/h5-6,9,15H,3-4,7-8H2,1-2H3,(H2,24,25). The van der Waals surface area contributed by atoms with E-state index in [0.717, 1.165) is 29.9 Å². The summed E-state index contributed by atoms with van der Waals surface area (Å²) in [6.07, 6.45) is 1.90. The van der Waals surface area contributed by atoms with Gasteiger partial charge in [-0.1, -0.05) is 43.1 Å². The number of amidine groups is 1. The molecule has 1 saturated carbocycles. The van der Waals surface area contributed by atoms with Crippen LogP contribution in [0, 0.1) is 33.5 Å². The molecule has 1 heterocycles. The summed E-state index contributed by atoms with van der Waals surface area (Å²) in [5.41, 5.74) is 5.00. The highest BCUT2D eigenvalue weighted by Crippen LogP contribution is 2.85. The van der Waals surface area contributed by atoms with Gasteiger partial charge in [-0.3, -0.25) is 0 Å². The molecule has 27 heavy (non-hydrogen) atoms. The van der Waals surface area contributed by atoms with Gasteiger partial charge in [-0.15, -0.1) is 23.5 Å². The molecule has 1 fully saturated rings. The molecule has 4 nitrogen and oxygen atoms in total. The lowest BCUT2D eigenvalue weighted by Crippen LogP contribution is -2.32. The van der Waals surface area contributed by atoms with Gasteiger partial charge in [-0.2, -0.15) is 10.5 Å². The Labute approximate surface area is 178 Å². The molecule has 0 aromatic heterocycles. The fourth-order valence-corrected chi connectivity index (χ4v) is 7.56. The van der Waals surface area contributed by atoms with Crippen LogP contribution in [0.1, 0.15) is 38.2 Å². The van der Waals surface area contributed by atoms with Gasteiger partial charge in [0.25, 0.3) is 0 Å². The number of hydrogen-bond acceptors (Lipinski definition) is 6. The highest BCUT2D eigenvalue weighted by molar-refractivity contribution is 8.18. The molecule has 2 N–H and O–H groups in total. The predicted octanol–water partition coefficient (Wildman–Crippen LogP) is 5.42. The van der Waals surface area contributed by atoms with Crippen LogP contribution >= 0.6 is 46.7 Å². The number of thioether (sulfide) groups is 2. The molecule has 142 valence electrons. The molecule has 1 aromatic carbocycles. The highest BCUT2D eigenvalue weighted by Gasteiger charge is 2.91. The second-order valence-electron chi connectivity index (χ2n) is 6.72. The molecule has 1 aromatic rings. The molecule has 3 rings (SSSR count). The summed E-state index contributed by atoms with van der Waals surface area (Å²) >= 11 is 15.6. The van der Waals surface area contributed by atoms with Gasteiger partial charge in [0, 0.05) is 5.92 Å². The number of fused-ring (bicyclic) bond motifs is 1. The van der Waals surface area contributed by atoms with Gasteiger partial charge in [-0.05, 0) is 42.0 Å². The number of hydrogen-bond donors (Lipinski definition) is 1. The number of benzene rings is 1. The average molecular weight is 439 g/mol. The minimum Gasteiger partial charge on any atom is -0.386 e. The minimum atomic E-state index is -1.12. The molecule has 0 bridgehead atoms. The lowest BCUT2D eigenvalue weighted by atomic mass is 9.97. The largest absolute Gasteiger partial charge is 0.386 e. The Balaban J connectivity index is 2.18. The van der Waals surface area contributed by atoms with Crippen LogP contribution in [-0.2, 0) is 0 Å². The molecule has 3 atom stereocenters. The first-order chi connectivity index (χ1) is 12.9. The van der Waals surface area contributed by atoms with Crippen LogP contribution in [0.3, 0.4) is 0 Å². The lowest BCUT2D eigenvalue weighted by molar-refractivity contribution is 0.563. The number of rotatable bonds is 7. The lowest BCUT2D eigenvalue weighted by Gasteiger charge is -2.32.